The van der Waals surface area contributed by atoms with E-state index in [0.717, 1.165) is 23.7 Å². The SMILES string of the molecule is Cc1csc(CCNCc2cccc(F)c2O)n1. The number of thiazole rings is 1. The summed E-state index contributed by atoms with van der Waals surface area (Å²) in [6, 6.07) is 4.55. The molecule has 0 atom stereocenters. The van der Waals surface area contributed by atoms with Crippen LogP contribution in [0.15, 0.2) is 23.6 Å². The van der Waals surface area contributed by atoms with Gasteiger partial charge in [-0.15, -0.1) is 11.3 Å². The molecule has 0 spiro atoms. The zero-order chi connectivity index (χ0) is 13.0. The molecule has 0 aliphatic carbocycles. The topological polar surface area (TPSA) is 45.1 Å². The second kappa shape index (κ2) is 5.93. The van der Waals surface area contributed by atoms with Crippen LogP contribution in [0.1, 0.15) is 16.3 Å². The highest BCUT2D eigenvalue weighted by Gasteiger charge is 2.05. The minimum Gasteiger partial charge on any atom is -0.505 e. The number of para-hydroxylation sites is 1. The van der Waals surface area contributed by atoms with Crippen LogP contribution >= 0.6 is 11.3 Å². The number of phenolic OH excluding ortho intramolecular Hbond substituents is 1. The monoisotopic (exact) mass is 266 g/mol. The molecule has 0 fully saturated rings. The van der Waals surface area contributed by atoms with Gasteiger partial charge in [-0.25, -0.2) is 9.37 Å². The summed E-state index contributed by atoms with van der Waals surface area (Å²) in [5, 5.41) is 15.8. The molecule has 2 rings (SSSR count). The van der Waals surface area contributed by atoms with Crippen LogP contribution in [-0.2, 0) is 13.0 Å². The van der Waals surface area contributed by atoms with Crippen molar-refractivity contribution in [3.63, 3.8) is 0 Å². The van der Waals surface area contributed by atoms with Crippen molar-refractivity contribution in [3.8, 4) is 5.75 Å². The number of rotatable bonds is 5. The zero-order valence-electron chi connectivity index (χ0n) is 10.1. The third-order valence-corrected chi connectivity index (χ3v) is 3.59. The van der Waals surface area contributed by atoms with Crippen LogP contribution in [-0.4, -0.2) is 16.6 Å². The van der Waals surface area contributed by atoms with Gasteiger partial charge in [0.25, 0.3) is 0 Å². The van der Waals surface area contributed by atoms with E-state index >= 15 is 0 Å². The fourth-order valence-electron chi connectivity index (χ4n) is 1.64. The molecule has 0 saturated carbocycles. The molecule has 0 aliphatic heterocycles. The summed E-state index contributed by atoms with van der Waals surface area (Å²) in [7, 11) is 0. The number of nitrogens with one attached hydrogen (secondary N) is 1. The number of benzene rings is 1. The van der Waals surface area contributed by atoms with Crippen LogP contribution in [0.2, 0.25) is 0 Å². The van der Waals surface area contributed by atoms with E-state index in [1.807, 2.05) is 12.3 Å². The number of nitrogens with zero attached hydrogens (tertiary/aromatic N) is 1. The van der Waals surface area contributed by atoms with Crippen molar-refractivity contribution in [2.45, 2.75) is 19.9 Å². The minimum absolute atomic E-state index is 0.268. The van der Waals surface area contributed by atoms with Gasteiger partial charge in [-0.1, -0.05) is 12.1 Å². The Balaban J connectivity index is 1.80. The third kappa shape index (κ3) is 3.27. The minimum atomic E-state index is -0.579. The maximum atomic E-state index is 13.1. The lowest BCUT2D eigenvalue weighted by Gasteiger charge is -2.06. The van der Waals surface area contributed by atoms with Gasteiger partial charge >= 0.3 is 0 Å². The average Bonchev–Trinajstić information content (AvgIpc) is 2.76. The molecule has 0 bridgehead atoms. The van der Waals surface area contributed by atoms with Gasteiger partial charge in [-0.3, -0.25) is 0 Å². The summed E-state index contributed by atoms with van der Waals surface area (Å²) < 4.78 is 13.1. The number of hydrogen-bond donors (Lipinski definition) is 2. The standard InChI is InChI=1S/C13H15FN2OS/c1-9-8-18-12(16-9)5-6-15-7-10-3-2-4-11(14)13(10)17/h2-4,8,15,17H,5-7H2,1H3. The second-order valence-electron chi connectivity index (χ2n) is 4.06. The predicted octanol–water partition coefficient (Wildman–Crippen LogP) is 2.63. The van der Waals surface area contributed by atoms with Crippen molar-refractivity contribution < 1.29 is 9.50 Å². The van der Waals surface area contributed by atoms with E-state index in [1.54, 1.807) is 23.5 Å². The normalized spacial score (nSPS) is 10.8. The van der Waals surface area contributed by atoms with Crippen molar-refractivity contribution >= 4 is 11.3 Å². The molecule has 18 heavy (non-hydrogen) atoms. The second-order valence-corrected chi connectivity index (χ2v) is 5.00. The molecular weight excluding hydrogens is 251 g/mol. The van der Waals surface area contributed by atoms with Crippen LogP contribution in [0.5, 0.6) is 5.75 Å². The molecule has 2 aromatic rings. The van der Waals surface area contributed by atoms with Crippen LogP contribution in [0.25, 0.3) is 0 Å². The fourth-order valence-corrected chi connectivity index (χ4v) is 2.41. The van der Waals surface area contributed by atoms with E-state index in [9.17, 15) is 9.50 Å². The predicted molar refractivity (Wildman–Crippen MR) is 70.3 cm³/mol. The zero-order valence-corrected chi connectivity index (χ0v) is 10.9. The van der Waals surface area contributed by atoms with Gasteiger partial charge in [0.05, 0.1) is 5.01 Å². The number of aromatic hydroxyl groups is 1. The molecule has 5 heteroatoms. The molecule has 1 aromatic heterocycles. The number of halogens is 1. The quantitative estimate of drug-likeness (QED) is 0.818. The Morgan fingerprint density at radius 2 is 2.28 bits per heavy atom. The van der Waals surface area contributed by atoms with Crippen molar-refractivity contribution in [1.82, 2.24) is 10.3 Å². The largest absolute Gasteiger partial charge is 0.505 e. The molecule has 96 valence electrons. The van der Waals surface area contributed by atoms with Gasteiger partial charge in [-0.05, 0) is 13.0 Å². The summed E-state index contributed by atoms with van der Waals surface area (Å²) in [5.41, 5.74) is 1.61. The summed E-state index contributed by atoms with van der Waals surface area (Å²) in [6.45, 7) is 3.18. The van der Waals surface area contributed by atoms with E-state index < -0.39 is 5.82 Å². The van der Waals surface area contributed by atoms with Crippen LogP contribution in [0.4, 0.5) is 4.39 Å². The maximum absolute atomic E-state index is 13.1. The van der Waals surface area contributed by atoms with E-state index in [1.165, 1.54) is 6.07 Å². The molecule has 1 heterocycles. The first-order chi connectivity index (χ1) is 8.66. The number of hydrogen-bond acceptors (Lipinski definition) is 4. The summed E-state index contributed by atoms with van der Waals surface area (Å²) in [6.07, 6.45) is 0.842. The number of phenols is 1. The highest BCUT2D eigenvalue weighted by molar-refractivity contribution is 7.09. The molecule has 0 radical (unpaired) electrons. The molecule has 3 nitrogen and oxygen atoms in total. The van der Waals surface area contributed by atoms with Crippen molar-refractivity contribution in [3.05, 3.63) is 45.7 Å². The van der Waals surface area contributed by atoms with Gasteiger partial charge < -0.3 is 10.4 Å². The summed E-state index contributed by atoms with van der Waals surface area (Å²) in [4.78, 5) is 4.36. The molecular formula is C13H15FN2OS. The fraction of sp³-hybridized carbons (Fsp3) is 0.308. The van der Waals surface area contributed by atoms with Crippen molar-refractivity contribution in [1.29, 1.82) is 0 Å². The molecule has 0 aliphatic rings. The van der Waals surface area contributed by atoms with Gasteiger partial charge in [0.2, 0.25) is 0 Å². The Labute approximate surface area is 109 Å². The summed E-state index contributed by atoms with van der Waals surface area (Å²) >= 11 is 1.64. The van der Waals surface area contributed by atoms with Crippen LogP contribution in [0.3, 0.4) is 0 Å². The van der Waals surface area contributed by atoms with Gasteiger partial charge in [0.15, 0.2) is 11.6 Å². The Hall–Kier alpha value is -1.46. The Bertz CT molecular complexity index is 527. The highest BCUT2D eigenvalue weighted by atomic mass is 32.1. The smallest absolute Gasteiger partial charge is 0.165 e. The summed E-state index contributed by atoms with van der Waals surface area (Å²) in [5.74, 6) is -0.847. The number of aromatic nitrogens is 1. The Morgan fingerprint density at radius 1 is 1.44 bits per heavy atom. The molecule has 2 N–H and O–H groups in total. The van der Waals surface area contributed by atoms with Crippen molar-refractivity contribution in [2.75, 3.05) is 6.54 Å². The lowest BCUT2D eigenvalue weighted by Crippen LogP contribution is -2.16. The lowest BCUT2D eigenvalue weighted by atomic mass is 10.2. The van der Waals surface area contributed by atoms with Crippen LogP contribution < -0.4 is 5.32 Å². The first-order valence-electron chi connectivity index (χ1n) is 5.75. The van der Waals surface area contributed by atoms with E-state index in [-0.39, 0.29) is 5.75 Å². The van der Waals surface area contributed by atoms with Crippen LogP contribution in [0, 0.1) is 12.7 Å². The van der Waals surface area contributed by atoms with E-state index in [4.69, 9.17) is 0 Å². The Kier molecular flexibility index (Phi) is 4.28. The number of aryl methyl sites for hydroxylation is 1. The maximum Gasteiger partial charge on any atom is 0.165 e. The van der Waals surface area contributed by atoms with Gasteiger partial charge in [-0.2, -0.15) is 0 Å². The first-order valence-corrected chi connectivity index (χ1v) is 6.63. The molecule has 1 aromatic carbocycles. The van der Waals surface area contributed by atoms with E-state index in [0.29, 0.717) is 12.1 Å². The van der Waals surface area contributed by atoms with E-state index in [2.05, 4.69) is 10.3 Å². The lowest BCUT2D eigenvalue weighted by molar-refractivity contribution is 0.423. The molecule has 0 saturated heterocycles. The van der Waals surface area contributed by atoms with Gasteiger partial charge in [0.1, 0.15) is 0 Å². The van der Waals surface area contributed by atoms with Gasteiger partial charge in [0, 0.05) is 36.1 Å². The van der Waals surface area contributed by atoms with Crippen molar-refractivity contribution in [2.24, 2.45) is 0 Å². The first kappa shape index (κ1) is 13.0. The molecule has 0 unspecified atom stereocenters. The Morgan fingerprint density at radius 3 is 3.00 bits per heavy atom. The average molecular weight is 266 g/mol. The molecule has 0 amide bonds. The highest BCUT2D eigenvalue weighted by Crippen LogP contribution is 2.20. The third-order valence-electron chi connectivity index (χ3n) is 2.57.